The summed E-state index contributed by atoms with van der Waals surface area (Å²) in [5.74, 6) is 0.669. The zero-order chi connectivity index (χ0) is 35.6. The van der Waals surface area contributed by atoms with E-state index in [2.05, 4.69) is 168 Å². The summed E-state index contributed by atoms with van der Waals surface area (Å²) < 4.78 is 8.89. The summed E-state index contributed by atoms with van der Waals surface area (Å²) in [4.78, 5) is 10.5. The Balaban J connectivity index is 1.10. The Morgan fingerprint density at radius 1 is 0.389 bits per heavy atom. The molecular formula is C50H31N3O. The van der Waals surface area contributed by atoms with Crippen molar-refractivity contribution in [2.75, 3.05) is 0 Å². The van der Waals surface area contributed by atoms with Gasteiger partial charge in [0.15, 0.2) is 5.82 Å². The Morgan fingerprint density at radius 3 is 1.89 bits per heavy atom. The lowest BCUT2D eigenvalue weighted by molar-refractivity contribution is 0.669. The van der Waals surface area contributed by atoms with Crippen LogP contribution < -0.4 is 0 Å². The largest absolute Gasteiger partial charge is 0.456 e. The van der Waals surface area contributed by atoms with Gasteiger partial charge in [-0.15, -0.1) is 0 Å². The molecule has 4 heteroatoms. The Hall–Kier alpha value is -7.30. The molecule has 252 valence electrons. The van der Waals surface area contributed by atoms with Gasteiger partial charge in [0.2, 0.25) is 0 Å². The van der Waals surface area contributed by atoms with Gasteiger partial charge in [0.25, 0.3) is 0 Å². The van der Waals surface area contributed by atoms with E-state index in [4.69, 9.17) is 14.4 Å². The van der Waals surface area contributed by atoms with Crippen LogP contribution in [0.4, 0.5) is 0 Å². The third-order valence-electron chi connectivity index (χ3n) is 10.6. The average molecular weight is 690 g/mol. The van der Waals surface area contributed by atoms with Crippen LogP contribution in [0.2, 0.25) is 0 Å². The first kappa shape index (κ1) is 30.3. The summed E-state index contributed by atoms with van der Waals surface area (Å²) in [6, 6.07) is 66.0. The molecule has 0 amide bonds. The molecule has 11 rings (SSSR count). The van der Waals surface area contributed by atoms with Gasteiger partial charge in [0, 0.05) is 43.7 Å². The monoisotopic (exact) mass is 689 g/mol. The van der Waals surface area contributed by atoms with Crippen molar-refractivity contribution in [3.63, 3.8) is 0 Å². The van der Waals surface area contributed by atoms with Crippen LogP contribution in [0.5, 0.6) is 0 Å². The molecule has 4 nitrogen and oxygen atoms in total. The highest BCUT2D eigenvalue weighted by Crippen LogP contribution is 2.42. The summed E-state index contributed by atoms with van der Waals surface area (Å²) in [5, 5.41) is 5.51. The smallest absolute Gasteiger partial charge is 0.161 e. The average Bonchev–Trinajstić information content (AvgIpc) is 3.80. The maximum Gasteiger partial charge on any atom is 0.161 e. The molecule has 0 atom stereocenters. The second-order valence-corrected chi connectivity index (χ2v) is 13.7. The molecule has 0 fully saturated rings. The summed E-state index contributed by atoms with van der Waals surface area (Å²) in [6.45, 7) is 0. The number of furan rings is 1. The molecular weight excluding hydrogens is 659 g/mol. The van der Waals surface area contributed by atoms with E-state index in [-0.39, 0.29) is 0 Å². The van der Waals surface area contributed by atoms with Crippen molar-refractivity contribution >= 4 is 54.6 Å². The van der Waals surface area contributed by atoms with Crippen molar-refractivity contribution in [3.8, 4) is 50.6 Å². The zero-order valence-corrected chi connectivity index (χ0v) is 29.1. The number of benzene rings is 8. The van der Waals surface area contributed by atoms with Crippen LogP contribution in [-0.4, -0.2) is 14.5 Å². The van der Waals surface area contributed by atoms with Crippen LogP contribution >= 0.6 is 0 Å². The van der Waals surface area contributed by atoms with E-state index in [0.717, 1.165) is 60.9 Å². The van der Waals surface area contributed by atoms with Crippen LogP contribution in [0, 0.1) is 0 Å². The maximum absolute atomic E-state index is 6.52. The Kier molecular flexibility index (Phi) is 6.82. The van der Waals surface area contributed by atoms with Crippen LogP contribution in [0.25, 0.3) is 105 Å². The number of hydrogen-bond acceptors (Lipinski definition) is 3. The maximum atomic E-state index is 6.52. The van der Waals surface area contributed by atoms with Gasteiger partial charge in [0.05, 0.1) is 22.2 Å². The molecule has 0 radical (unpaired) electrons. The van der Waals surface area contributed by atoms with Gasteiger partial charge in [-0.3, -0.25) is 0 Å². The van der Waals surface area contributed by atoms with E-state index >= 15 is 0 Å². The molecule has 0 aliphatic rings. The topological polar surface area (TPSA) is 43.9 Å². The predicted molar refractivity (Wildman–Crippen MR) is 223 cm³/mol. The fraction of sp³-hybridized carbons (Fsp3) is 0. The van der Waals surface area contributed by atoms with Gasteiger partial charge in [-0.2, -0.15) is 0 Å². The summed E-state index contributed by atoms with van der Waals surface area (Å²) in [7, 11) is 0. The highest BCUT2D eigenvalue weighted by atomic mass is 16.3. The number of aromatic nitrogens is 3. The van der Waals surface area contributed by atoms with Gasteiger partial charge in [-0.05, 0) is 70.8 Å². The highest BCUT2D eigenvalue weighted by molar-refractivity contribution is 6.18. The van der Waals surface area contributed by atoms with Gasteiger partial charge in [-0.1, -0.05) is 140 Å². The molecule has 0 N–H and O–H groups in total. The molecule has 3 heterocycles. The first-order chi connectivity index (χ1) is 26.8. The van der Waals surface area contributed by atoms with Crippen LogP contribution in [-0.2, 0) is 0 Å². The van der Waals surface area contributed by atoms with E-state index in [1.54, 1.807) is 0 Å². The van der Waals surface area contributed by atoms with Gasteiger partial charge >= 0.3 is 0 Å². The van der Waals surface area contributed by atoms with Crippen LogP contribution in [0.15, 0.2) is 192 Å². The first-order valence-corrected chi connectivity index (χ1v) is 18.2. The molecule has 0 bridgehead atoms. The molecule has 8 aromatic carbocycles. The Bertz CT molecular complexity index is 3200. The molecule has 0 unspecified atom stereocenters. The molecule has 0 aliphatic carbocycles. The van der Waals surface area contributed by atoms with Gasteiger partial charge in [0.1, 0.15) is 11.2 Å². The Labute approximate surface area is 311 Å². The lowest BCUT2D eigenvalue weighted by Gasteiger charge is -2.11. The minimum atomic E-state index is 0.669. The number of hydrogen-bond donors (Lipinski definition) is 0. The summed E-state index contributed by atoms with van der Waals surface area (Å²) >= 11 is 0. The SMILES string of the molecule is c1ccc(-c2ccc(-c3nc(-c4cccc5oc6ccc(-c7cccc8c7c7ccccc7n8-c7ccccc7)cc6c45)nc4ccccc34)cc2)cc1. The van der Waals surface area contributed by atoms with E-state index in [9.17, 15) is 0 Å². The minimum absolute atomic E-state index is 0.669. The molecule has 0 saturated heterocycles. The lowest BCUT2D eigenvalue weighted by Crippen LogP contribution is -1.95. The number of nitrogens with zero attached hydrogens (tertiary/aromatic N) is 3. The Morgan fingerprint density at radius 2 is 1.04 bits per heavy atom. The fourth-order valence-electron chi connectivity index (χ4n) is 8.16. The molecule has 0 saturated carbocycles. The van der Waals surface area contributed by atoms with Crippen LogP contribution in [0.1, 0.15) is 0 Å². The summed E-state index contributed by atoms with van der Waals surface area (Å²) in [6.07, 6.45) is 0. The van der Waals surface area contributed by atoms with E-state index in [0.29, 0.717) is 5.82 Å². The fourth-order valence-corrected chi connectivity index (χ4v) is 8.16. The van der Waals surface area contributed by atoms with Crippen LogP contribution in [0.3, 0.4) is 0 Å². The molecule has 0 spiro atoms. The van der Waals surface area contributed by atoms with Gasteiger partial charge in [-0.25, -0.2) is 9.97 Å². The normalized spacial score (nSPS) is 11.7. The van der Waals surface area contributed by atoms with Crippen molar-refractivity contribution in [1.29, 1.82) is 0 Å². The van der Waals surface area contributed by atoms with Gasteiger partial charge < -0.3 is 8.98 Å². The third-order valence-corrected chi connectivity index (χ3v) is 10.6. The molecule has 3 aromatic heterocycles. The van der Waals surface area contributed by atoms with Crippen molar-refractivity contribution in [2.45, 2.75) is 0 Å². The molecule has 54 heavy (non-hydrogen) atoms. The van der Waals surface area contributed by atoms with Crippen molar-refractivity contribution in [2.24, 2.45) is 0 Å². The number of fused-ring (bicyclic) bond motifs is 7. The van der Waals surface area contributed by atoms with E-state index < -0.39 is 0 Å². The third kappa shape index (κ3) is 4.78. The lowest BCUT2D eigenvalue weighted by atomic mass is 9.97. The first-order valence-electron chi connectivity index (χ1n) is 18.2. The standard InChI is InChI=1S/C50H31N3O/c1-3-13-32(14-4-1)33-25-27-34(28-26-33)49-38-17-7-9-21-42(38)51-50(52-49)40-20-12-24-46-48(40)41-31-35(29-30-45(41)54-46)37-19-11-23-44-47(37)39-18-8-10-22-43(39)53(44)36-15-5-2-6-16-36/h1-31H. The quantitative estimate of drug-likeness (QED) is 0.181. The van der Waals surface area contributed by atoms with Crippen molar-refractivity contribution in [3.05, 3.63) is 188 Å². The summed E-state index contributed by atoms with van der Waals surface area (Å²) in [5.41, 5.74) is 13.6. The van der Waals surface area contributed by atoms with Crippen molar-refractivity contribution in [1.82, 2.24) is 14.5 Å². The second-order valence-electron chi connectivity index (χ2n) is 13.7. The number of para-hydroxylation sites is 3. The van der Waals surface area contributed by atoms with Crippen molar-refractivity contribution < 1.29 is 4.42 Å². The number of rotatable bonds is 5. The van der Waals surface area contributed by atoms with E-state index in [1.165, 1.54) is 38.5 Å². The highest BCUT2D eigenvalue weighted by Gasteiger charge is 2.20. The second kappa shape index (κ2) is 12.1. The zero-order valence-electron chi connectivity index (χ0n) is 29.1. The predicted octanol–water partition coefficient (Wildman–Crippen LogP) is 13.3. The minimum Gasteiger partial charge on any atom is -0.456 e. The molecule has 0 aliphatic heterocycles. The van der Waals surface area contributed by atoms with E-state index in [1.807, 2.05) is 24.3 Å². The molecule has 11 aromatic rings.